The number of phenols is 6. The second-order valence-corrected chi connectivity index (χ2v) is 30.9. The number of nitrogens with zero attached hydrogens (tertiary/aromatic N) is 8. The Bertz CT molecular complexity index is 4100. The highest BCUT2D eigenvalue weighted by atomic mass is 16.3. The maximum Gasteiger partial charge on any atom is 0.124 e. The van der Waals surface area contributed by atoms with Gasteiger partial charge in [-0.1, -0.05) is 131 Å². The number of aryl methyl sites for hydroxylation is 4. The maximum atomic E-state index is 11.9. The molecule has 0 spiro atoms. The number of hydrogen-bond acceptors (Lipinski definition) is 22. The van der Waals surface area contributed by atoms with Crippen LogP contribution in [0.1, 0.15) is 144 Å². The fraction of sp³-hybridized carbons (Fsp3) is 0.398. The Labute approximate surface area is 681 Å². The van der Waals surface area contributed by atoms with Crippen LogP contribution in [0.4, 0.5) is 0 Å². The van der Waals surface area contributed by atoms with Gasteiger partial charge in [-0.05, 0) is 148 Å². The third-order valence-electron chi connectivity index (χ3n) is 21.1. The van der Waals surface area contributed by atoms with Crippen LogP contribution in [0.3, 0.4) is 0 Å². The average Bonchev–Trinajstić information content (AvgIpc) is 0.963. The van der Waals surface area contributed by atoms with Crippen LogP contribution in [0, 0.1) is 27.7 Å². The molecule has 115 heavy (non-hydrogen) atoms. The normalized spacial score (nSPS) is 16.7. The standard InChI is InChI=1S/C46H52N8O2.C24H36N4O2.C23H34N4O2/c55-45-37-13-9-14-38(45)30-53(35-43-19-3-7-23-49-43)27-12-28-54(36-44-20-4-8-24-50-44)32-40-16-10-15-39(46(40)56)31-52(34-42-18-2-6-22-48-42)26-11-25-51(29-37)33-41-17-1-5-21-47-41;1-17-9-19-13-25-5-3-7-27-15-21-11-18(2)12-22(24(21)30)16-28-8-4-6-26-14-20(10-17)23(19)29;1-16-8-18-12-24-4-3-5-25-13-19-9-17(2)11-21(23(19)29)15-27-7-6-26-14-20(10-16)22(18)28/h1-10,13-24,55-56H,11-12,25-36H2;9-12,25-30H,3-8,13-16H2,1-2H3;8-11,24-29H,3-7,12-15H2,1-2H3. The van der Waals surface area contributed by atoms with E-state index in [9.17, 15) is 30.6 Å². The van der Waals surface area contributed by atoms with E-state index >= 15 is 0 Å². The number of nitrogens with one attached hydrogen (secondary N) is 8. The van der Waals surface area contributed by atoms with E-state index in [2.05, 4.69) is 170 Å². The summed E-state index contributed by atoms with van der Waals surface area (Å²) in [7, 11) is 0. The third kappa shape index (κ3) is 28.0. The summed E-state index contributed by atoms with van der Waals surface area (Å²) >= 11 is 0. The largest absolute Gasteiger partial charge is 0.507 e. The van der Waals surface area contributed by atoms with E-state index in [4.69, 9.17) is 0 Å². The van der Waals surface area contributed by atoms with Gasteiger partial charge in [-0.25, -0.2) is 0 Å². The zero-order chi connectivity index (χ0) is 80.4. The first-order valence-electron chi connectivity index (χ1n) is 41.1. The molecule has 22 nitrogen and oxygen atoms in total. The molecule has 22 heteroatoms. The van der Waals surface area contributed by atoms with Gasteiger partial charge in [0, 0.05) is 236 Å². The predicted molar refractivity (Wildman–Crippen MR) is 458 cm³/mol. The van der Waals surface area contributed by atoms with Gasteiger partial charge >= 0.3 is 0 Å². The van der Waals surface area contributed by atoms with Gasteiger partial charge in [-0.3, -0.25) is 39.5 Å². The number of benzene rings is 6. The summed E-state index contributed by atoms with van der Waals surface area (Å²) in [5.74, 6) is 2.26. The summed E-state index contributed by atoms with van der Waals surface area (Å²) in [6.45, 7) is 28.4. The van der Waals surface area contributed by atoms with Crippen LogP contribution in [0.15, 0.2) is 183 Å². The van der Waals surface area contributed by atoms with Gasteiger partial charge in [-0.2, -0.15) is 0 Å². The Morgan fingerprint density at radius 2 is 0.443 bits per heavy atom. The number of rotatable bonds is 8. The first-order chi connectivity index (χ1) is 56.1. The van der Waals surface area contributed by atoms with Crippen molar-refractivity contribution in [2.45, 2.75) is 165 Å². The van der Waals surface area contributed by atoms with Crippen molar-refractivity contribution >= 4 is 0 Å². The summed E-state index contributed by atoms with van der Waals surface area (Å²) < 4.78 is 0. The molecule has 13 rings (SSSR count). The van der Waals surface area contributed by atoms with Crippen LogP contribution < -0.4 is 42.5 Å². The third-order valence-corrected chi connectivity index (χ3v) is 21.1. The van der Waals surface area contributed by atoms with Gasteiger partial charge in [-0.15, -0.1) is 0 Å². The number of fused-ring (bicyclic) bond motifs is 12. The summed E-state index contributed by atoms with van der Waals surface area (Å²) in [5, 5.41) is 93.5. The molecule has 4 aromatic heterocycles. The molecular formula is C93H122N16O6. The van der Waals surface area contributed by atoms with Gasteiger partial charge < -0.3 is 73.2 Å². The van der Waals surface area contributed by atoms with Gasteiger partial charge in [0.15, 0.2) is 0 Å². The van der Waals surface area contributed by atoms with E-state index in [1.54, 1.807) is 0 Å². The SMILES string of the molecule is Cc1cc2c(O)c(c1)CNCCCNCc1cc(C)cc(c1O)CNCCCNC2.Cc1cc2c(O)c(c1)CNCCNCc1cc(C)cc(c1O)CNCCCNC2.Oc1c2cccc1CN(Cc1ccccn1)CCCN(Cc1ccccn1)Cc1cccc(c1O)CN(Cc1ccccn1)CCCN(Cc1ccccn1)C2. The second-order valence-electron chi connectivity index (χ2n) is 30.9. The number of para-hydroxylation sites is 2. The lowest BCUT2D eigenvalue weighted by Crippen LogP contribution is -2.31. The first kappa shape index (κ1) is 86.1. The topological polar surface area (TPSA) is 282 Å². The minimum Gasteiger partial charge on any atom is -0.507 e. The van der Waals surface area contributed by atoms with E-state index in [1.165, 1.54) is 11.1 Å². The summed E-state index contributed by atoms with van der Waals surface area (Å²) in [6, 6.07) is 52.8. The quantitative estimate of drug-likeness (QED) is 0.0673. The van der Waals surface area contributed by atoms with Gasteiger partial charge in [0.2, 0.25) is 0 Å². The van der Waals surface area contributed by atoms with Gasteiger partial charge in [0.05, 0.1) is 22.8 Å². The Morgan fingerprint density at radius 3 is 0.643 bits per heavy atom. The Balaban J connectivity index is 0.000000186. The summed E-state index contributed by atoms with van der Waals surface area (Å²) in [6.07, 6.45) is 12.0. The zero-order valence-corrected chi connectivity index (χ0v) is 67.9. The van der Waals surface area contributed by atoms with Crippen molar-refractivity contribution in [1.82, 2.24) is 82.1 Å². The summed E-state index contributed by atoms with van der Waals surface area (Å²) in [4.78, 5) is 28.1. The molecule has 610 valence electrons. The minimum atomic E-state index is 0.349. The van der Waals surface area contributed by atoms with Crippen molar-refractivity contribution < 1.29 is 30.6 Å². The Hall–Kier alpha value is -9.76. The highest BCUT2D eigenvalue weighted by Gasteiger charge is 2.22. The molecule has 7 heterocycles. The highest BCUT2D eigenvalue weighted by molar-refractivity contribution is 5.47. The predicted octanol–water partition coefficient (Wildman–Crippen LogP) is 11.9. The molecule has 0 radical (unpaired) electrons. The zero-order valence-electron chi connectivity index (χ0n) is 67.9. The number of phenolic OH excluding ortho intramolecular Hbond substituents is 6. The molecule has 0 fully saturated rings. The molecule has 0 atom stereocenters. The van der Waals surface area contributed by atoms with Crippen molar-refractivity contribution in [2.24, 2.45) is 0 Å². The highest BCUT2D eigenvalue weighted by Crippen LogP contribution is 2.32. The van der Waals surface area contributed by atoms with E-state index in [0.29, 0.717) is 139 Å². The fourth-order valence-electron chi connectivity index (χ4n) is 15.3. The van der Waals surface area contributed by atoms with E-state index in [0.717, 1.165) is 211 Å². The molecule has 0 saturated heterocycles. The lowest BCUT2D eigenvalue weighted by molar-refractivity contribution is 0.197. The van der Waals surface area contributed by atoms with E-state index < -0.39 is 0 Å². The maximum absolute atomic E-state index is 11.9. The molecule has 0 aliphatic carbocycles. The number of hydrogen-bond donors (Lipinski definition) is 14. The van der Waals surface area contributed by atoms with Crippen LogP contribution in [-0.4, -0.2) is 149 Å². The van der Waals surface area contributed by atoms with Gasteiger partial charge in [0.1, 0.15) is 34.5 Å². The number of pyridine rings is 4. The molecule has 0 saturated carbocycles. The van der Waals surface area contributed by atoms with Crippen molar-refractivity contribution in [2.75, 3.05) is 78.5 Å². The second kappa shape index (κ2) is 46.1. The number of aromatic hydroxyl groups is 6. The fourth-order valence-corrected chi connectivity index (χ4v) is 15.3. The lowest BCUT2D eigenvalue weighted by atomic mass is 10.0. The molecule has 3 aliphatic heterocycles. The van der Waals surface area contributed by atoms with Crippen LogP contribution in [0.5, 0.6) is 34.5 Å². The first-order valence-corrected chi connectivity index (χ1v) is 41.1. The van der Waals surface area contributed by atoms with E-state index in [1.807, 2.05) is 122 Å². The van der Waals surface area contributed by atoms with Crippen LogP contribution in [0.2, 0.25) is 0 Å². The van der Waals surface area contributed by atoms with Crippen LogP contribution in [-0.2, 0) is 105 Å². The monoisotopic (exact) mass is 1560 g/mol. The van der Waals surface area contributed by atoms with Gasteiger partial charge in [0.25, 0.3) is 0 Å². The molecule has 0 unspecified atom stereocenters. The van der Waals surface area contributed by atoms with Crippen LogP contribution >= 0.6 is 0 Å². The van der Waals surface area contributed by atoms with Crippen molar-refractivity contribution in [1.29, 1.82) is 0 Å². The average molecular weight is 1560 g/mol. The molecule has 3 aliphatic rings. The van der Waals surface area contributed by atoms with Crippen molar-refractivity contribution in [3.63, 3.8) is 0 Å². The molecule has 10 aromatic rings. The minimum absolute atomic E-state index is 0.349. The Morgan fingerprint density at radius 1 is 0.243 bits per heavy atom. The number of aromatic nitrogens is 4. The van der Waals surface area contributed by atoms with Crippen molar-refractivity contribution in [3.8, 4) is 34.5 Å². The lowest BCUT2D eigenvalue weighted by Gasteiger charge is -2.28. The molecular weight excluding hydrogens is 1440 g/mol. The van der Waals surface area contributed by atoms with E-state index in [-0.39, 0.29) is 0 Å². The smallest absolute Gasteiger partial charge is 0.124 e. The molecule has 0 amide bonds. The Kier molecular flexibility index (Phi) is 34.5. The molecule has 6 aromatic carbocycles. The van der Waals surface area contributed by atoms with Crippen LogP contribution in [0.25, 0.3) is 0 Å². The molecule has 12 bridgehead atoms. The molecule has 14 N–H and O–H groups in total. The summed E-state index contributed by atoms with van der Waals surface area (Å²) in [5.41, 5.74) is 19.8. The van der Waals surface area contributed by atoms with Crippen molar-refractivity contribution in [3.05, 3.63) is 294 Å².